The summed E-state index contributed by atoms with van der Waals surface area (Å²) in [5.74, 6) is 4.72. The lowest BCUT2D eigenvalue weighted by Crippen LogP contribution is -2.54. The standard InChI is InChI=1S/C21H18N4O6/c1-22-17(26)16-6-5-13(31-16)7-8-21(19(28)23-20(29)24-21)11-25-10-12-3-4-14(30-2)9-15(12)18(25)27/h3-6,9H,10-11H2,1-2H3,(H,22,26)(H2,23,24,28,29)/t21-/m1/s1. The van der Waals surface area contributed by atoms with Crippen LogP contribution in [0.1, 0.15) is 32.2 Å². The number of nitrogens with one attached hydrogen (secondary N) is 3. The number of nitrogens with zero attached hydrogens (tertiary/aromatic N) is 1. The molecule has 10 nitrogen and oxygen atoms in total. The highest BCUT2D eigenvalue weighted by atomic mass is 16.5. The van der Waals surface area contributed by atoms with Crippen molar-refractivity contribution in [3.8, 4) is 17.6 Å². The lowest BCUT2D eigenvalue weighted by atomic mass is 9.99. The van der Waals surface area contributed by atoms with Crippen molar-refractivity contribution in [1.29, 1.82) is 0 Å². The fourth-order valence-corrected chi connectivity index (χ4v) is 3.43. The van der Waals surface area contributed by atoms with Gasteiger partial charge in [-0.1, -0.05) is 12.0 Å². The van der Waals surface area contributed by atoms with Gasteiger partial charge in [0.2, 0.25) is 5.54 Å². The number of amides is 5. The Bertz CT molecular complexity index is 1170. The number of carbonyl (C=O) groups excluding carboxylic acids is 4. The Kier molecular flexibility index (Phi) is 4.87. The minimum atomic E-state index is -1.67. The lowest BCUT2D eigenvalue weighted by Gasteiger charge is -2.26. The van der Waals surface area contributed by atoms with Crippen molar-refractivity contribution in [2.24, 2.45) is 0 Å². The van der Waals surface area contributed by atoms with Crippen molar-refractivity contribution in [1.82, 2.24) is 20.9 Å². The first kappa shape index (κ1) is 20.0. The zero-order valence-electron chi connectivity index (χ0n) is 16.7. The maximum Gasteiger partial charge on any atom is 0.323 e. The van der Waals surface area contributed by atoms with Gasteiger partial charge in [-0.15, -0.1) is 0 Å². The van der Waals surface area contributed by atoms with E-state index in [0.717, 1.165) is 5.56 Å². The molecule has 1 aromatic carbocycles. The zero-order valence-corrected chi connectivity index (χ0v) is 16.7. The summed E-state index contributed by atoms with van der Waals surface area (Å²) in [4.78, 5) is 50.4. The SMILES string of the molecule is CNC(=O)c1ccc(C#C[C@]2(CN3Cc4ccc(OC)cc4C3=O)NC(=O)NC2=O)o1. The molecule has 0 spiro atoms. The van der Waals surface area contributed by atoms with Crippen LogP contribution in [-0.4, -0.2) is 54.9 Å². The molecule has 1 atom stereocenters. The number of methoxy groups -OCH3 is 1. The number of hydrogen-bond donors (Lipinski definition) is 3. The molecule has 1 fully saturated rings. The predicted octanol–water partition coefficient (Wildman–Crippen LogP) is 0.234. The van der Waals surface area contributed by atoms with Crippen LogP contribution >= 0.6 is 0 Å². The van der Waals surface area contributed by atoms with E-state index in [0.29, 0.717) is 11.3 Å². The second-order valence-electron chi connectivity index (χ2n) is 6.99. The van der Waals surface area contributed by atoms with Gasteiger partial charge in [-0.2, -0.15) is 0 Å². The van der Waals surface area contributed by atoms with E-state index >= 15 is 0 Å². The second-order valence-corrected chi connectivity index (χ2v) is 6.99. The normalized spacial score (nSPS) is 19.3. The molecule has 0 aliphatic carbocycles. The molecule has 2 aromatic rings. The Morgan fingerprint density at radius 3 is 2.77 bits per heavy atom. The summed E-state index contributed by atoms with van der Waals surface area (Å²) in [5, 5.41) is 7.10. The number of fused-ring (bicyclic) bond motifs is 1. The van der Waals surface area contributed by atoms with Gasteiger partial charge in [0, 0.05) is 19.2 Å². The number of urea groups is 1. The van der Waals surface area contributed by atoms with Crippen LogP contribution in [0.5, 0.6) is 5.75 Å². The van der Waals surface area contributed by atoms with Crippen molar-refractivity contribution < 1.29 is 28.3 Å². The predicted molar refractivity (Wildman–Crippen MR) is 106 cm³/mol. The van der Waals surface area contributed by atoms with E-state index in [1.807, 2.05) is 0 Å². The maximum absolute atomic E-state index is 12.9. The van der Waals surface area contributed by atoms with Crippen LogP contribution in [0.3, 0.4) is 0 Å². The number of rotatable bonds is 4. The third-order valence-corrected chi connectivity index (χ3v) is 5.02. The summed E-state index contributed by atoms with van der Waals surface area (Å²) < 4.78 is 10.5. The molecule has 0 bridgehead atoms. The Morgan fingerprint density at radius 1 is 1.29 bits per heavy atom. The first-order valence-corrected chi connectivity index (χ1v) is 9.30. The summed E-state index contributed by atoms with van der Waals surface area (Å²) >= 11 is 0. The van der Waals surface area contributed by atoms with Gasteiger partial charge in [-0.3, -0.25) is 19.7 Å². The number of carbonyl (C=O) groups is 4. The fraction of sp³-hybridized carbons (Fsp3) is 0.238. The van der Waals surface area contributed by atoms with E-state index in [-0.39, 0.29) is 30.5 Å². The summed E-state index contributed by atoms with van der Waals surface area (Å²) in [6.07, 6.45) is 0. The van der Waals surface area contributed by atoms with E-state index < -0.39 is 23.4 Å². The molecular formula is C21H18N4O6. The fourth-order valence-electron chi connectivity index (χ4n) is 3.43. The molecule has 3 N–H and O–H groups in total. The molecule has 0 radical (unpaired) electrons. The van der Waals surface area contributed by atoms with Crippen molar-refractivity contribution in [2.45, 2.75) is 12.1 Å². The van der Waals surface area contributed by atoms with Crippen LogP contribution in [0.15, 0.2) is 34.7 Å². The van der Waals surface area contributed by atoms with Gasteiger partial charge in [-0.25, -0.2) is 4.79 Å². The average Bonchev–Trinajstić information content (AvgIpc) is 3.43. The number of furan rings is 1. The third-order valence-electron chi connectivity index (χ3n) is 5.02. The van der Waals surface area contributed by atoms with E-state index in [2.05, 4.69) is 27.8 Å². The molecule has 2 aliphatic rings. The highest BCUT2D eigenvalue weighted by Crippen LogP contribution is 2.28. The zero-order chi connectivity index (χ0) is 22.2. The third kappa shape index (κ3) is 3.57. The molecule has 3 heterocycles. The minimum Gasteiger partial charge on any atom is -0.497 e. The Labute approximate surface area is 176 Å². The number of benzene rings is 1. The van der Waals surface area contributed by atoms with Crippen LogP contribution < -0.4 is 20.7 Å². The monoisotopic (exact) mass is 422 g/mol. The van der Waals surface area contributed by atoms with Gasteiger partial charge in [0.25, 0.3) is 17.7 Å². The molecule has 31 heavy (non-hydrogen) atoms. The number of imide groups is 1. The van der Waals surface area contributed by atoms with E-state index in [1.165, 1.54) is 31.2 Å². The summed E-state index contributed by atoms with van der Waals surface area (Å²) in [5.41, 5.74) is -0.424. The molecule has 5 amide bonds. The molecule has 0 saturated carbocycles. The van der Waals surface area contributed by atoms with E-state index in [9.17, 15) is 19.2 Å². The summed E-state index contributed by atoms with van der Waals surface area (Å²) in [7, 11) is 2.97. The first-order valence-electron chi connectivity index (χ1n) is 9.30. The average molecular weight is 422 g/mol. The molecule has 10 heteroatoms. The summed E-state index contributed by atoms with van der Waals surface area (Å²) in [6.45, 7) is 0.0860. The quantitative estimate of drug-likeness (QED) is 0.478. The molecular weight excluding hydrogens is 404 g/mol. The Hall–Kier alpha value is -4.26. The van der Waals surface area contributed by atoms with Gasteiger partial charge in [-0.05, 0) is 35.7 Å². The van der Waals surface area contributed by atoms with Gasteiger partial charge in [0.05, 0.1) is 13.7 Å². The maximum atomic E-state index is 12.9. The van der Waals surface area contributed by atoms with Crippen LogP contribution in [0.4, 0.5) is 4.79 Å². The Balaban J connectivity index is 1.62. The van der Waals surface area contributed by atoms with Gasteiger partial charge in [0.15, 0.2) is 11.5 Å². The molecule has 0 unspecified atom stereocenters. The molecule has 158 valence electrons. The van der Waals surface area contributed by atoms with Gasteiger partial charge >= 0.3 is 6.03 Å². The highest BCUT2D eigenvalue weighted by Gasteiger charge is 2.48. The lowest BCUT2D eigenvalue weighted by molar-refractivity contribution is -0.122. The van der Waals surface area contributed by atoms with Crippen molar-refractivity contribution >= 4 is 23.8 Å². The molecule has 1 aromatic heterocycles. The summed E-state index contributed by atoms with van der Waals surface area (Å²) in [6, 6.07) is 7.36. The topological polar surface area (TPSA) is 130 Å². The number of hydrogen-bond acceptors (Lipinski definition) is 6. The van der Waals surface area contributed by atoms with Gasteiger partial charge < -0.3 is 24.7 Å². The number of ether oxygens (including phenoxy) is 1. The Morgan fingerprint density at radius 2 is 2.10 bits per heavy atom. The second kappa shape index (κ2) is 7.53. The van der Waals surface area contributed by atoms with Crippen LogP contribution in [-0.2, 0) is 11.3 Å². The van der Waals surface area contributed by atoms with Crippen molar-refractivity contribution in [3.05, 3.63) is 53.0 Å². The van der Waals surface area contributed by atoms with Crippen LogP contribution in [0, 0.1) is 11.8 Å². The molecule has 2 aliphatic heterocycles. The first-order chi connectivity index (χ1) is 14.8. The van der Waals surface area contributed by atoms with Crippen molar-refractivity contribution in [2.75, 3.05) is 20.7 Å². The molecule has 4 rings (SSSR count). The molecule has 1 saturated heterocycles. The highest BCUT2D eigenvalue weighted by molar-refractivity contribution is 6.10. The van der Waals surface area contributed by atoms with Crippen LogP contribution in [0.2, 0.25) is 0 Å². The minimum absolute atomic E-state index is 0.0554. The van der Waals surface area contributed by atoms with Gasteiger partial charge in [0.1, 0.15) is 5.75 Å². The largest absolute Gasteiger partial charge is 0.497 e. The van der Waals surface area contributed by atoms with E-state index in [4.69, 9.17) is 9.15 Å². The van der Waals surface area contributed by atoms with Crippen LogP contribution in [0.25, 0.3) is 0 Å². The smallest absolute Gasteiger partial charge is 0.323 e. The van der Waals surface area contributed by atoms with Crippen molar-refractivity contribution in [3.63, 3.8) is 0 Å². The van der Waals surface area contributed by atoms with E-state index in [1.54, 1.807) is 18.2 Å².